The minimum atomic E-state index is -0.107. The molecule has 2 aliphatic rings. The third kappa shape index (κ3) is 6.78. The molecule has 0 aromatic heterocycles. The van der Waals surface area contributed by atoms with Crippen molar-refractivity contribution in [1.29, 1.82) is 0 Å². The van der Waals surface area contributed by atoms with Gasteiger partial charge >= 0.3 is 0 Å². The van der Waals surface area contributed by atoms with Crippen molar-refractivity contribution in [2.45, 2.75) is 40.5 Å². The van der Waals surface area contributed by atoms with Gasteiger partial charge in [0.1, 0.15) is 0 Å². The zero-order valence-electron chi connectivity index (χ0n) is 19.8. The van der Waals surface area contributed by atoms with Crippen molar-refractivity contribution in [3.8, 4) is 0 Å². The molecule has 0 saturated carbocycles. The summed E-state index contributed by atoms with van der Waals surface area (Å²) in [6.07, 6.45) is 1.74. The summed E-state index contributed by atoms with van der Waals surface area (Å²) in [5.41, 5.74) is 2.93. The number of amides is 2. The molecule has 3 rings (SSSR count). The molecule has 0 spiro atoms. The molecule has 2 heterocycles. The number of nitrogens with zero attached hydrogens (tertiary/aromatic N) is 3. The topological polar surface area (TPSA) is 55.9 Å². The quantitative estimate of drug-likeness (QED) is 0.725. The molecule has 0 unspecified atom stereocenters. The van der Waals surface area contributed by atoms with Gasteiger partial charge in [0.2, 0.25) is 5.91 Å². The predicted octanol–water partition coefficient (Wildman–Crippen LogP) is 2.55. The Labute approximate surface area is 188 Å². The summed E-state index contributed by atoms with van der Waals surface area (Å²) in [6, 6.07) is 5.97. The first-order valence-electron chi connectivity index (χ1n) is 12.0. The van der Waals surface area contributed by atoms with Crippen LogP contribution >= 0.6 is 0 Å². The highest BCUT2D eigenvalue weighted by Crippen LogP contribution is 2.20. The molecule has 0 bridgehead atoms. The number of nitrogens with one attached hydrogen (secondary N) is 1. The first kappa shape index (κ1) is 23.7. The number of piperidine rings is 1. The molecular formula is C25H40N4O2. The number of aryl methyl sites for hydroxylation is 2. The highest BCUT2D eigenvalue weighted by atomic mass is 16.2. The summed E-state index contributed by atoms with van der Waals surface area (Å²) >= 11 is 0. The molecule has 2 aliphatic heterocycles. The zero-order valence-corrected chi connectivity index (χ0v) is 19.8. The van der Waals surface area contributed by atoms with Gasteiger partial charge in [0, 0.05) is 57.9 Å². The second-order valence-electron chi connectivity index (χ2n) is 9.55. The van der Waals surface area contributed by atoms with Gasteiger partial charge in [-0.3, -0.25) is 9.59 Å². The molecule has 6 heteroatoms. The van der Waals surface area contributed by atoms with E-state index in [1.165, 1.54) is 0 Å². The second-order valence-corrected chi connectivity index (χ2v) is 9.55. The Morgan fingerprint density at radius 3 is 2.32 bits per heavy atom. The standard InChI is InChI=1S/C25H40N4O2/c1-5-27-9-11-28(12-10-27)17-21(4)16-26-24(30)22-7-6-8-29(18-22)25(31)23-14-19(2)13-20(3)15-23/h13-15,21-22H,5-12,16-18H2,1-4H3,(H,26,30)/t21-,22+/m1/s1. The van der Waals surface area contributed by atoms with Crippen molar-refractivity contribution in [2.75, 3.05) is 58.9 Å². The normalized spacial score (nSPS) is 21.7. The van der Waals surface area contributed by atoms with Crippen LogP contribution in [0.5, 0.6) is 0 Å². The van der Waals surface area contributed by atoms with Gasteiger partial charge in [0.25, 0.3) is 5.91 Å². The Morgan fingerprint density at radius 2 is 1.68 bits per heavy atom. The number of piperazine rings is 1. The van der Waals surface area contributed by atoms with Crippen molar-refractivity contribution >= 4 is 11.8 Å². The van der Waals surface area contributed by atoms with Gasteiger partial charge in [-0.2, -0.15) is 0 Å². The SMILES string of the molecule is CCN1CCN(C[C@H](C)CNC(=O)[C@H]2CCCN(C(=O)c3cc(C)cc(C)c3)C2)CC1. The fourth-order valence-corrected chi connectivity index (χ4v) is 4.87. The van der Waals surface area contributed by atoms with E-state index in [4.69, 9.17) is 0 Å². The minimum Gasteiger partial charge on any atom is -0.355 e. The van der Waals surface area contributed by atoms with E-state index in [0.29, 0.717) is 19.0 Å². The Morgan fingerprint density at radius 1 is 1.03 bits per heavy atom. The van der Waals surface area contributed by atoms with Crippen molar-refractivity contribution in [2.24, 2.45) is 11.8 Å². The molecule has 1 aromatic carbocycles. The monoisotopic (exact) mass is 428 g/mol. The highest BCUT2D eigenvalue weighted by Gasteiger charge is 2.29. The Bertz CT molecular complexity index is 738. The van der Waals surface area contributed by atoms with Gasteiger partial charge in [0.15, 0.2) is 0 Å². The lowest BCUT2D eigenvalue weighted by atomic mass is 9.95. The molecule has 0 radical (unpaired) electrons. The van der Waals surface area contributed by atoms with Crippen molar-refractivity contribution in [1.82, 2.24) is 20.0 Å². The van der Waals surface area contributed by atoms with E-state index in [1.807, 2.05) is 30.9 Å². The number of hydrogen-bond acceptors (Lipinski definition) is 4. The average Bonchev–Trinajstić information content (AvgIpc) is 2.77. The third-order valence-corrected chi connectivity index (χ3v) is 6.65. The number of likely N-dealkylation sites (N-methyl/N-ethyl adjacent to an activating group) is 1. The first-order valence-corrected chi connectivity index (χ1v) is 12.0. The van der Waals surface area contributed by atoms with E-state index < -0.39 is 0 Å². The van der Waals surface area contributed by atoms with Crippen molar-refractivity contribution in [3.05, 3.63) is 34.9 Å². The molecule has 31 heavy (non-hydrogen) atoms. The molecule has 1 aromatic rings. The number of carbonyl (C=O) groups excluding carboxylic acids is 2. The van der Waals surface area contributed by atoms with Crippen LogP contribution < -0.4 is 5.32 Å². The van der Waals surface area contributed by atoms with Crippen LogP contribution in [0, 0.1) is 25.7 Å². The average molecular weight is 429 g/mol. The summed E-state index contributed by atoms with van der Waals surface area (Å²) in [5.74, 6) is 0.460. The molecule has 2 atom stereocenters. The third-order valence-electron chi connectivity index (χ3n) is 6.65. The maximum atomic E-state index is 13.0. The van der Waals surface area contributed by atoms with Crippen LogP contribution in [0.4, 0.5) is 0 Å². The number of carbonyl (C=O) groups is 2. The summed E-state index contributed by atoms with van der Waals surface area (Å²) < 4.78 is 0. The van der Waals surface area contributed by atoms with Gasteiger partial charge in [-0.25, -0.2) is 0 Å². The van der Waals surface area contributed by atoms with Crippen LogP contribution in [0.1, 0.15) is 48.2 Å². The van der Waals surface area contributed by atoms with Crippen molar-refractivity contribution < 1.29 is 9.59 Å². The molecule has 2 fully saturated rings. The second kappa shape index (κ2) is 11.1. The first-order chi connectivity index (χ1) is 14.9. The number of rotatable bonds is 7. The zero-order chi connectivity index (χ0) is 22.4. The molecule has 2 saturated heterocycles. The van der Waals surface area contributed by atoms with Crippen LogP contribution in [0.3, 0.4) is 0 Å². The van der Waals surface area contributed by atoms with Crippen molar-refractivity contribution in [3.63, 3.8) is 0 Å². The largest absolute Gasteiger partial charge is 0.355 e. The fourth-order valence-electron chi connectivity index (χ4n) is 4.87. The van der Waals surface area contributed by atoms with Crippen LogP contribution in [0.25, 0.3) is 0 Å². The Hall–Kier alpha value is -1.92. The summed E-state index contributed by atoms with van der Waals surface area (Å²) in [6.45, 7) is 17.1. The van der Waals surface area contributed by atoms with Gasteiger partial charge < -0.3 is 20.0 Å². The van der Waals surface area contributed by atoms with Gasteiger partial charge in [0.05, 0.1) is 5.92 Å². The highest BCUT2D eigenvalue weighted by molar-refractivity contribution is 5.95. The molecule has 6 nitrogen and oxygen atoms in total. The van der Waals surface area contributed by atoms with Crippen LogP contribution in [-0.4, -0.2) is 85.4 Å². The van der Waals surface area contributed by atoms with E-state index in [9.17, 15) is 9.59 Å². The lowest BCUT2D eigenvalue weighted by molar-refractivity contribution is -0.126. The van der Waals surface area contributed by atoms with E-state index in [0.717, 1.165) is 75.3 Å². The Kier molecular flexibility index (Phi) is 8.50. The molecular weight excluding hydrogens is 388 g/mol. The van der Waals surface area contributed by atoms with Gasteiger partial charge in [-0.05, 0) is 51.3 Å². The summed E-state index contributed by atoms with van der Waals surface area (Å²) in [7, 11) is 0. The minimum absolute atomic E-state index is 0.0453. The maximum absolute atomic E-state index is 13.0. The predicted molar refractivity (Wildman–Crippen MR) is 125 cm³/mol. The van der Waals surface area contributed by atoms with Crippen LogP contribution in [0.15, 0.2) is 18.2 Å². The maximum Gasteiger partial charge on any atom is 0.253 e. The van der Waals surface area contributed by atoms with Gasteiger partial charge in [-0.15, -0.1) is 0 Å². The van der Waals surface area contributed by atoms with Crippen LogP contribution in [-0.2, 0) is 4.79 Å². The molecule has 0 aliphatic carbocycles. The Balaban J connectivity index is 1.45. The number of hydrogen-bond donors (Lipinski definition) is 1. The smallest absolute Gasteiger partial charge is 0.253 e. The number of benzene rings is 1. The van der Waals surface area contributed by atoms with Crippen LogP contribution in [0.2, 0.25) is 0 Å². The molecule has 172 valence electrons. The number of likely N-dealkylation sites (tertiary alicyclic amines) is 1. The van der Waals surface area contributed by atoms with E-state index >= 15 is 0 Å². The summed E-state index contributed by atoms with van der Waals surface area (Å²) in [4.78, 5) is 32.7. The summed E-state index contributed by atoms with van der Waals surface area (Å²) in [5, 5.41) is 3.17. The lowest BCUT2D eigenvalue weighted by Crippen LogP contribution is -2.49. The lowest BCUT2D eigenvalue weighted by Gasteiger charge is -2.35. The van der Waals surface area contributed by atoms with E-state index in [2.05, 4.69) is 35.0 Å². The molecule has 1 N–H and O–H groups in total. The fraction of sp³-hybridized carbons (Fsp3) is 0.680. The van der Waals surface area contributed by atoms with Gasteiger partial charge in [-0.1, -0.05) is 31.0 Å². The van der Waals surface area contributed by atoms with E-state index in [1.54, 1.807) is 0 Å². The van der Waals surface area contributed by atoms with E-state index in [-0.39, 0.29) is 17.7 Å². The molecule has 2 amide bonds.